The van der Waals surface area contributed by atoms with Crippen LogP contribution >= 0.6 is 11.3 Å². The van der Waals surface area contributed by atoms with E-state index in [4.69, 9.17) is 4.74 Å². The molecule has 0 atom stereocenters. The summed E-state index contributed by atoms with van der Waals surface area (Å²) < 4.78 is 36.1. The number of thiophene rings is 1. The fourth-order valence-electron chi connectivity index (χ4n) is 2.45. The summed E-state index contributed by atoms with van der Waals surface area (Å²) in [4.78, 5) is 13.8. The van der Waals surface area contributed by atoms with Crippen molar-refractivity contribution in [1.29, 1.82) is 0 Å². The van der Waals surface area contributed by atoms with Crippen LogP contribution in [0, 0.1) is 6.92 Å². The van der Waals surface area contributed by atoms with Gasteiger partial charge in [-0.05, 0) is 25.1 Å². The number of nitrogens with zero attached hydrogens (tertiary/aromatic N) is 2. The van der Waals surface area contributed by atoms with E-state index in [1.54, 1.807) is 16.8 Å². The molecular weight excluding hydrogens is 352 g/mol. The molecule has 6 nitrogen and oxygen atoms in total. The average molecular weight is 367 g/mol. The molecule has 0 bridgehead atoms. The summed E-state index contributed by atoms with van der Waals surface area (Å²) in [6.07, 6.45) is 0. The number of aryl methyl sites for hydroxylation is 2. The van der Waals surface area contributed by atoms with Gasteiger partial charge in [0.2, 0.25) is 0 Å². The van der Waals surface area contributed by atoms with Crippen molar-refractivity contribution in [2.75, 3.05) is 12.4 Å². The number of methoxy groups -OCH3 is 1. The molecule has 132 valence electrons. The van der Waals surface area contributed by atoms with Crippen LogP contribution in [0.1, 0.15) is 15.4 Å². The van der Waals surface area contributed by atoms with Gasteiger partial charge in [-0.25, -0.2) is 0 Å². The lowest BCUT2D eigenvalue weighted by Crippen LogP contribution is -2.11. The zero-order chi connectivity index (χ0) is 18.1. The van der Waals surface area contributed by atoms with E-state index in [0.29, 0.717) is 10.6 Å². The first-order valence-corrected chi connectivity index (χ1v) is 8.08. The zero-order valence-electron chi connectivity index (χ0n) is 13.7. The van der Waals surface area contributed by atoms with Gasteiger partial charge in [-0.1, -0.05) is 0 Å². The van der Waals surface area contributed by atoms with E-state index in [1.165, 1.54) is 30.6 Å². The number of anilines is 1. The van der Waals surface area contributed by atoms with Crippen LogP contribution in [0.4, 0.5) is 14.5 Å². The molecule has 9 heteroatoms. The van der Waals surface area contributed by atoms with Crippen molar-refractivity contribution in [3.8, 4) is 11.5 Å². The largest absolute Gasteiger partial charge is 0.493 e. The molecule has 1 amide bonds. The van der Waals surface area contributed by atoms with Gasteiger partial charge in [0.25, 0.3) is 5.91 Å². The Morgan fingerprint density at radius 2 is 2.08 bits per heavy atom. The zero-order valence-corrected chi connectivity index (χ0v) is 14.5. The number of hydrogen-bond acceptors (Lipinski definition) is 5. The second kappa shape index (κ2) is 6.67. The number of fused-ring (bicyclic) bond motifs is 1. The number of halogens is 2. The molecule has 1 aromatic carbocycles. The maximum absolute atomic E-state index is 12.5. The van der Waals surface area contributed by atoms with E-state index in [1.807, 2.05) is 14.0 Å². The average Bonchev–Trinajstić information content (AvgIpc) is 3.09. The van der Waals surface area contributed by atoms with E-state index < -0.39 is 6.61 Å². The van der Waals surface area contributed by atoms with Crippen LogP contribution in [0.5, 0.6) is 11.5 Å². The SMILES string of the molecule is COc1ccc(NC(=O)c2cc3c(C)nn(C)c3s2)cc1OC(F)F. The molecule has 2 heterocycles. The van der Waals surface area contributed by atoms with Gasteiger partial charge in [-0.15, -0.1) is 11.3 Å². The number of carbonyl (C=O) groups is 1. The third kappa shape index (κ3) is 3.41. The minimum absolute atomic E-state index is 0.147. The third-order valence-electron chi connectivity index (χ3n) is 3.56. The molecule has 0 radical (unpaired) electrons. The second-order valence-corrected chi connectivity index (χ2v) is 6.27. The highest BCUT2D eigenvalue weighted by Crippen LogP contribution is 2.32. The molecule has 0 aliphatic rings. The van der Waals surface area contributed by atoms with E-state index in [0.717, 1.165) is 15.9 Å². The highest BCUT2D eigenvalue weighted by Gasteiger charge is 2.17. The summed E-state index contributed by atoms with van der Waals surface area (Å²) >= 11 is 1.31. The van der Waals surface area contributed by atoms with Gasteiger partial charge in [0.1, 0.15) is 4.83 Å². The molecule has 0 saturated carbocycles. The van der Waals surface area contributed by atoms with Crippen molar-refractivity contribution in [1.82, 2.24) is 9.78 Å². The molecule has 0 spiro atoms. The smallest absolute Gasteiger partial charge is 0.387 e. The van der Waals surface area contributed by atoms with Crippen LogP contribution in [0.3, 0.4) is 0 Å². The topological polar surface area (TPSA) is 65.4 Å². The number of carbonyl (C=O) groups excluding carboxylic acids is 1. The molecule has 0 aliphatic heterocycles. The quantitative estimate of drug-likeness (QED) is 0.745. The van der Waals surface area contributed by atoms with Gasteiger partial charge in [-0.2, -0.15) is 13.9 Å². The molecule has 0 aliphatic carbocycles. The molecule has 0 fully saturated rings. The Bertz CT molecular complexity index is 902. The Hall–Kier alpha value is -2.68. The van der Waals surface area contributed by atoms with E-state index in [2.05, 4.69) is 15.2 Å². The Kier molecular flexibility index (Phi) is 4.58. The van der Waals surface area contributed by atoms with Crippen molar-refractivity contribution in [3.63, 3.8) is 0 Å². The highest BCUT2D eigenvalue weighted by molar-refractivity contribution is 7.20. The summed E-state index contributed by atoms with van der Waals surface area (Å²) in [5, 5.41) is 7.87. The van der Waals surface area contributed by atoms with E-state index >= 15 is 0 Å². The lowest BCUT2D eigenvalue weighted by Gasteiger charge is -2.12. The summed E-state index contributed by atoms with van der Waals surface area (Å²) in [6, 6.07) is 6.06. The molecule has 0 unspecified atom stereocenters. The van der Waals surface area contributed by atoms with Gasteiger partial charge < -0.3 is 14.8 Å². The molecule has 2 aromatic heterocycles. The van der Waals surface area contributed by atoms with Gasteiger partial charge in [-0.3, -0.25) is 9.48 Å². The fraction of sp³-hybridized carbons (Fsp3) is 0.250. The first-order valence-electron chi connectivity index (χ1n) is 7.26. The molecule has 0 saturated heterocycles. The van der Waals surface area contributed by atoms with Gasteiger partial charge >= 0.3 is 6.61 Å². The maximum Gasteiger partial charge on any atom is 0.387 e. The molecule has 3 rings (SSSR count). The number of nitrogens with one attached hydrogen (secondary N) is 1. The molecule has 3 aromatic rings. The number of aromatic nitrogens is 2. The fourth-order valence-corrected chi connectivity index (χ4v) is 3.47. The predicted octanol–water partition coefficient (Wildman–Crippen LogP) is 3.81. The molecule has 1 N–H and O–H groups in total. The normalized spacial score (nSPS) is 11.1. The van der Waals surface area contributed by atoms with Crippen molar-refractivity contribution < 1.29 is 23.0 Å². The third-order valence-corrected chi connectivity index (χ3v) is 4.76. The van der Waals surface area contributed by atoms with Crippen molar-refractivity contribution in [2.45, 2.75) is 13.5 Å². The van der Waals surface area contributed by atoms with Crippen LogP contribution in [0.15, 0.2) is 24.3 Å². The lowest BCUT2D eigenvalue weighted by molar-refractivity contribution is -0.0511. The number of rotatable bonds is 5. The molecular formula is C16H15F2N3O3S. The predicted molar refractivity (Wildman–Crippen MR) is 90.9 cm³/mol. The number of ether oxygens (including phenoxy) is 2. The Morgan fingerprint density at radius 1 is 1.32 bits per heavy atom. The first-order chi connectivity index (χ1) is 11.9. The van der Waals surface area contributed by atoms with Crippen LogP contribution in [0.2, 0.25) is 0 Å². The van der Waals surface area contributed by atoms with Crippen LogP contribution in [0.25, 0.3) is 10.2 Å². The number of benzene rings is 1. The number of hydrogen-bond donors (Lipinski definition) is 1. The second-order valence-electron chi connectivity index (χ2n) is 5.24. The standard InChI is InChI=1S/C16H15F2N3O3S/c1-8-10-7-13(25-15(10)21(2)20-8)14(22)19-9-4-5-11(23-3)12(6-9)24-16(17)18/h4-7,16H,1-3H3,(H,19,22). The number of alkyl halides is 2. The maximum atomic E-state index is 12.5. The van der Waals surface area contributed by atoms with Crippen LogP contribution in [-0.2, 0) is 7.05 Å². The van der Waals surface area contributed by atoms with Gasteiger partial charge in [0.05, 0.1) is 17.7 Å². The number of amides is 1. The van der Waals surface area contributed by atoms with E-state index in [9.17, 15) is 13.6 Å². The Labute approximate surface area is 146 Å². The minimum atomic E-state index is -2.99. The summed E-state index contributed by atoms with van der Waals surface area (Å²) in [5.74, 6) is -0.331. The first kappa shape index (κ1) is 17.2. The van der Waals surface area contributed by atoms with Crippen molar-refractivity contribution in [3.05, 3.63) is 34.8 Å². The summed E-state index contributed by atoms with van der Waals surface area (Å²) in [7, 11) is 3.16. The summed E-state index contributed by atoms with van der Waals surface area (Å²) in [6.45, 7) is -1.12. The monoisotopic (exact) mass is 367 g/mol. The van der Waals surface area contributed by atoms with Gasteiger partial charge in [0, 0.05) is 24.2 Å². The van der Waals surface area contributed by atoms with Crippen molar-refractivity contribution in [2.24, 2.45) is 7.05 Å². The minimum Gasteiger partial charge on any atom is -0.493 e. The Morgan fingerprint density at radius 3 is 2.72 bits per heavy atom. The van der Waals surface area contributed by atoms with Gasteiger partial charge in [0.15, 0.2) is 11.5 Å². The van der Waals surface area contributed by atoms with E-state index in [-0.39, 0.29) is 17.4 Å². The highest BCUT2D eigenvalue weighted by atomic mass is 32.1. The lowest BCUT2D eigenvalue weighted by atomic mass is 10.2. The van der Waals surface area contributed by atoms with Crippen molar-refractivity contribution >= 4 is 33.1 Å². The van der Waals surface area contributed by atoms with Crippen LogP contribution in [-0.4, -0.2) is 29.4 Å². The Balaban J connectivity index is 1.85. The van der Waals surface area contributed by atoms with Crippen LogP contribution < -0.4 is 14.8 Å². The summed E-state index contributed by atoms with van der Waals surface area (Å²) in [5.41, 5.74) is 1.17. The molecule has 25 heavy (non-hydrogen) atoms.